The Bertz CT molecular complexity index is 969. The fraction of sp³-hybridized carbons (Fsp3) is 0.136. The fourth-order valence-electron chi connectivity index (χ4n) is 2.93. The molecule has 4 rings (SSSR count). The predicted molar refractivity (Wildman–Crippen MR) is 109 cm³/mol. The van der Waals surface area contributed by atoms with E-state index in [0.717, 1.165) is 35.3 Å². The van der Waals surface area contributed by atoms with Crippen LogP contribution in [0.3, 0.4) is 0 Å². The minimum Gasteiger partial charge on any atom is -0.274 e. The van der Waals surface area contributed by atoms with E-state index in [1.165, 1.54) is 11.1 Å². The van der Waals surface area contributed by atoms with E-state index in [9.17, 15) is 0 Å². The van der Waals surface area contributed by atoms with E-state index in [2.05, 4.69) is 68.3 Å². The highest BCUT2D eigenvalue weighted by Gasteiger charge is 2.14. The van der Waals surface area contributed by atoms with Gasteiger partial charge in [-0.25, -0.2) is 0 Å². The number of hydrogen-bond acceptors (Lipinski definition) is 4. The molecule has 4 aromatic rings. The largest absolute Gasteiger partial charge is 0.274 e. The Morgan fingerprint density at radius 3 is 2.19 bits per heavy atom. The maximum absolute atomic E-state index is 4.50. The predicted octanol–water partition coefficient (Wildman–Crippen LogP) is 4.59. The van der Waals surface area contributed by atoms with E-state index in [4.69, 9.17) is 0 Å². The van der Waals surface area contributed by atoms with E-state index in [1.54, 1.807) is 11.8 Å². The molecule has 0 aliphatic rings. The highest BCUT2D eigenvalue weighted by atomic mass is 32.2. The number of para-hydroxylation sites is 1. The van der Waals surface area contributed by atoms with Crippen molar-refractivity contribution in [2.24, 2.45) is 0 Å². The van der Waals surface area contributed by atoms with E-state index >= 15 is 0 Å². The molecule has 134 valence electrons. The van der Waals surface area contributed by atoms with Gasteiger partial charge in [0.2, 0.25) is 0 Å². The molecule has 0 atom stereocenters. The Morgan fingerprint density at radius 1 is 0.741 bits per heavy atom. The van der Waals surface area contributed by atoms with Crippen LogP contribution in [0.15, 0.2) is 90.3 Å². The van der Waals surface area contributed by atoms with Crippen LogP contribution in [0.2, 0.25) is 0 Å². The van der Waals surface area contributed by atoms with Gasteiger partial charge in [0.25, 0.3) is 0 Å². The summed E-state index contributed by atoms with van der Waals surface area (Å²) in [6, 6.07) is 24.8. The zero-order valence-electron chi connectivity index (χ0n) is 14.9. The molecule has 0 saturated heterocycles. The monoisotopic (exact) mass is 372 g/mol. The van der Waals surface area contributed by atoms with Crippen molar-refractivity contribution in [3.63, 3.8) is 0 Å². The normalized spacial score (nSPS) is 10.8. The van der Waals surface area contributed by atoms with Crippen molar-refractivity contribution in [2.75, 3.05) is 5.75 Å². The van der Waals surface area contributed by atoms with E-state index in [1.807, 2.05) is 36.7 Å². The van der Waals surface area contributed by atoms with Crippen LogP contribution in [0.25, 0.3) is 5.69 Å². The summed E-state index contributed by atoms with van der Waals surface area (Å²) in [5, 5.41) is 9.91. The van der Waals surface area contributed by atoms with Crippen molar-refractivity contribution < 1.29 is 0 Å². The van der Waals surface area contributed by atoms with Gasteiger partial charge in [-0.3, -0.25) is 9.55 Å². The molecule has 2 aromatic carbocycles. The summed E-state index contributed by atoms with van der Waals surface area (Å²) in [4.78, 5) is 4.08. The second kappa shape index (κ2) is 8.64. The van der Waals surface area contributed by atoms with Gasteiger partial charge in [0.15, 0.2) is 5.16 Å². The SMILES string of the molecule is c1ccc(Cc2nnc(SCCc3ccncc3)n2-c2ccccc2)cc1. The van der Waals surface area contributed by atoms with Crippen molar-refractivity contribution >= 4 is 11.8 Å². The number of aryl methyl sites for hydroxylation is 1. The Hall–Kier alpha value is -2.92. The highest BCUT2D eigenvalue weighted by molar-refractivity contribution is 7.99. The molecule has 27 heavy (non-hydrogen) atoms. The van der Waals surface area contributed by atoms with Crippen molar-refractivity contribution in [1.29, 1.82) is 0 Å². The lowest BCUT2D eigenvalue weighted by atomic mass is 10.1. The Labute approximate surface area is 163 Å². The van der Waals surface area contributed by atoms with Crippen LogP contribution in [0.1, 0.15) is 17.0 Å². The number of rotatable bonds is 7. The van der Waals surface area contributed by atoms with E-state index in [-0.39, 0.29) is 0 Å². The quantitative estimate of drug-likeness (QED) is 0.445. The van der Waals surface area contributed by atoms with Gasteiger partial charge >= 0.3 is 0 Å². The standard InChI is InChI=1S/C22H20N4S/c1-3-7-19(8-4-1)17-21-24-25-22(26(21)20-9-5-2-6-10-20)27-16-13-18-11-14-23-15-12-18/h1-12,14-15H,13,16-17H2. The Kier molecular flexibility index (Phi) is 5.60. The van der Waals surface area contributed by atoms with Crippen LogP contribution >= 0.6 is 11.8 Å². The molecule has 0 saturated carbocycles. The minimum atomic E-state index is 0.758. The molecule has 0 amide bonds. The van der Waals surface area contributed by atoms with E-state index in [0.29, 0.717) is 0 Å². The smallest absolute Gasteiger partial charge is 0.195 e. The zero-order chi connectivity index (χ0) is 18.3. The minimum absolute atomic E-state index is 0.758. The number of nitrogens with zero attached hydrogens (tertiary/aromatic N) is 4. The first-order valence-corrected chi connectivity index (χ1v) is 9.94. The molecule has 0 aliphatic heterocycles. The second-order valence-electron chi connectivity index (χ2n) is 6.19. The van der Waals surface area contributed by atoms with Gasteiger partial charge in [-0.15, -0.1) is 10.2 Å². The second-order valence-corrected chi connectivity index (χ2v) is 7.25. The van der Waals surface area contributed by atoms with Gasteiger partial charge in [0, 0.05) is 30.3 Å². The van der Waals surface area contributed by atoms with Crippen LogP contribution in [-0.2, 0) is 12.8 Å². The van der Waals surface area contributed by atoms with Gasteiger partial charge < -0.3 is 0 Å². The summed E-state index contributed by atoms with van der Waals surface area (Å²) in [6.45, 7) is 0. The third-order valence-electron chi connectivity index (χ3n) is 4.29. The molecule has 0 unspecified atom stereocenters. The molecule has 0 radical (unpaired) electrons. The van der Waals surface area contributed by atoms with Crippen LogP contribution in [0.5, 0.6) is 0 Å². The van der Waals surface area contributed by atoms with Gasteiger partial charge in [0.05, 0.1) is 0 Å². The maximum atomic E-state index is 4.50. The Morgan fingerprint density at radius 2 is 1.44 bits per heavy atom. The zero-order valence-corrected chi connectivity index (χ0v) is 15.7. The lowest BCUT2D eigenvalue weighted by Crippen LogP contribution is -2.04. The molecule has 4 nitrogen and oxygen atoms in total. The summed E-state index contributed by atoms with van der Waals surface area (Å²) in [5.41, 5.74) is 3.61. The molecular formula is C22H20N4S. The average Bonchev–Trinajstić information content (AvgIpc) is 3.12. The Balaban J connectivity index is 1.57. The summed E-state index contributed by atoms with van der Waals surface area (Å²) in [7, 11) is 0. The third kappa shape index (κ3) is 4.44. The number of aromatic nitrogens is 4. The molecular weight excluding hydrogens is 352 g/mol. The average molecular weight is 372 g/mol. The van der Waals surface area contributed by atoms with Gasteiger partial charge in [-0.2, -0.15) is 0 Å². The first-order chi connectivity index (χ1) is 13.4. The summed E-state index contributed by atoms with van der Waals surface area (Å²) in [6.07, 6.45) is 5.41. The summed E-state index contributed by atoms with van der Waals surface area (Å²) >= 11 is 1.74. The lowest BCUT2D eigenvalue weighted by molar-refractivity contribution is 0.847. The first kappa shape index (κ1) is 17.5. The maximum Gasteiger partial charge on any atom is 0.195 e. The van der Waals surface area contributed by atoms with Crippen LogP contribution in [-0.4, -0.2) is 25.5 Å². The lowest BCUT2D eigenvalue weighted by Gasteiger charge is -2.10. The topological polar surface area (TPSA) is 43.6 Å². The van der Waals surface area contributed by atoms with Crippen LogP contribution < -0.4 is 0 Å². The first-order valence-electron chi connectivity index (χ1n) is 8.95. The number of thioether (sulfide) groups is 1. The molecule has 0 bridgehead atoms. The van der Waals surface area contributed by atoms with Crippen molar-refractivity contribution in [3.05, 3.63) is 102 Å². The van der Waals surface area contributed by atoms with Crippen molar-refractivity contribution in [1.82, 2.24) is 19.7 Å². The van der Waals surface area contributed by atoms with Crippen LogP contribution in [0, 0.1) is 0 Å². The highest BCUT2D eigenvalue weighted by Crippen LogP contribution is 2.24. The number of benzene rings is 2. The van der Waals surface area contributed by atoms with E-state index < -0.39 is 0 Å². The molecule has 2 heterocycles. The van der Waals surface area contributed by atoms with Gasteiger partial charge in [-0.05, 0) is 41.8 Å². The number of pyridine rings is 1. The van der Waals surface area contributed by atoms with Crippen molar-refractivity contribution in [2.45, 2.75) is 18.0 Å². The van der Waals surface area contributed by atoms with Crippen LogP contribution in [0.4, 0.5) is 0 Å². The molecule has 0 fully saturated rings. The number of hydrogen-bond donors (Lipinski definition) is 0. The molecule has 0 aliphatic carbocycles. The third-order valence-corrected chi connectivity index (χ3v) is 5.22. The summed E-state index contributed by atoms with van der Waals surface area (Å²) < 4.78 is 2.17. The molecule has 0 N–H and O–H groups in total. The molecule has 5 heteroatoms. The summed E-state index contributed by atoms with van der Waals surface area (Å²) in [5.74, 6) is 1.90. The van der Waals surface area contributed by atoms with Gasteiger partial charge in [-0.1, -0.05) is 60.3 Å². The van der Waals surface area contributed by atoms with Crippen molar-refractivity contribution in [3.8, 4) is 5.69 Å². The van der Waals surface area contributed by atoms with Gasteiger partial charge in [0.1, 0.15) is 5.82 Å². The fourth-order valence-corrected chi connectivity index (χ4v) is 3.89. The molecule has 2 aromatic heterocycles. The molecule has 0 spiro atoms.